The van der Waals surface area contributed by atoms with Crippen molar-refractivity contribution < 1.29 is 4.79 Å². The van der Waals surface area contributed by atoms with Gasteiger partial charge < -0.3 is 0 Å². The normalized spacial score (nSPS) is 16.2. The van der Waals surface area contributed by atoms with Crippen LogP contribution in [-0.2, 0) is 17.6 Å². The minimum atomic E-state index is 0.0535. The Hall–Kier alpha value is -1.89. The lowest BCUT2D eigenvalue weighted by molar-refractivity contribution is -0.104. The number of aryl methyl sites for hydroxylation is 2. The molecule has 0 aliphatic heterocycles. The van der Waals surface area contributed by atoms with Crippen molar-refractivity contribution in [1.29, 1.82) is 0 Å². The first-order valence-corrected chi connectivity index (χ1v) is 8.13. The van der Waals surface area contributed by atoms with Gasteiger partial charge in [-0.3, -0.25) is 4.79 Å². The minimum absolute atomic E-state index is 0.0535. The van der Waals surface area contributed by atoms with E-state index in [1.807, 2.05) is 12.2 Å². The van der Waals surface area contributed by atoms with Gasteiger partial charge in [-0.05, 0) is 59.4 Å². The molecule has 1 aliphatic rings. The van der Waals surface area contributed by atoms with Crippen LogP contribution in [0, 0.1) is 5.41 Å². The minimum Gasteiger partial charge on any atom is -0.299 e. The molecule has 0 amide bonds. The Morgan fingerprint density at radius 2 is 1.77 bits per heavy atom. The third-order valence-electron chi connectivity index (χ3n) is 4.16. The van der Waals surface area contributed by atoms with Crippen LogP contribution in [0.4, 0.5) is 0 Å². The van der Waals surface area contributed by atoms with Crippen molar-refractivity contribution >= 4 is 12.4 Å². The first-order chi connectivity index (χ1) is 10.5. The van der Waals surface area contributed by atoms with E-state index in [1.54, 1.807) is 0 Å². The van der Waals surface area contributed by atoms with Gasteiger partial charge in [-0.25, -0.2) is 0 Å². The third kappa shape index (κ3) is 4.56. The van der Waals surface area contributed by atoms with Crippen molar-refractivity contribution in [3.05, 3.63) is 64.8 Å². The number of hydrogen-bond donors (Lipinski definition) is 0. The zero-order valence-corrected chi connectivity index (χ0v) is 13.9. The first kappa shape index (κ1) is 16.5. The maximum Gasteiger partial charge on any atom is 0.142 e. The van der Waals surface area contributed by atoms with Crippen LogP contribution in [-0.4, -0.2) is 6.29 Å². The standard InChI is InChI=1S/C21H26O/c1-21(2,3)20(10-6-7-15-22)14-12-17-11-13-18-8-4-5-9-19(18)16-17/h6-7,10-16H,4-5,8-9H2,1-3H3. The van der Waals surface area contributed by atoms with E-state index in [0.717, 1.165) is 6.29 Å². The predicted octanol–water partition coefficient (Wildman–Crippen LogP) is 5.31. The van der Waals surface area contributed by atoms with E-state index < -0.39 is 0 Å². The monoisotopic (exact) mass is 294 g/mol. The van der Waals surface area contributed by atoms with E-state index in [1.165, 1.54) is 54.0 Å². The Morgan fingerprint density at radius 3 is 2.45 bits per heavy atom. The van der Waals surface area contributed by atoms with Crippen LogP contribution in [0.3, 0.4) is 0 Å². The van der Waals surface area contributed by atoms with Gasteiger partial charge in [-0.15, -0.1) is 0 Å². The number of hydrogen-bond acceptors (Lipinski definition) is 1. The van der Waals surface area contributed by atoms with Crippen molar-refractivity contribution in [2.24, 2.45) is 5.41 Å². The van der Waals surface area contributed by atoms with Crippen LogP contribution in [0.15, 0.2) is 48.1 Å². The van der Waals surface area contributed by atoms with Gasteiger partial charge in [0.15, 0.2) is 0 Å². The molecule has 0 heterocycles. The summed E-state index contributed by atoms with van der Waals surface area (Å²) in [4.78, 5) is 10.4. The molecule has 1 heteroatoms. The van der Waals surface area contributed by atoms with E-state index in [0.29, 0.717) is 0 Å². The molecule has 2 rings (SSSR count). The van der Waals surface area contributed by atoms with E-state index in [2.05, 4.69) is 51.1 Å². The summed E-state index contributed by atoms with van der Waals surface area (Å²) < 4.78 is 0. The molecule has 1 aromatic rings. The second-order valence-electron chi connectivity index (χ2n) is 6.96. The smallest absolute Gasteiger partial charge is 0.142 e. The van der Waals surface area contributed by atoms with Gasteiger partial charge in [0.25, 0.3) is 0 Å². The van der Waals surface area contributed by atoms with Crippen LogP contribution in [0.25, 0.3) is 6.08 Å². The molecular formula is C21H26O. The summed E-state index contributed by atoms with van der Waals surface area (Å²) in [5.74, 6) is 0. The zero-order valence-electron chi connectivity index (χ0n) is 13.9. The number of carbonyl (C=O) groups is 1. The molecule has 1 nitrogen and oxygen atoms in total. The molecule has 1 aromatic carbocycles. The molecule has 0 saturated carbocycles. The van der Waals surface area contributed by atoms with Crippen molar-refractivity contribution in [3.63, 3.8) is 0 Å². The van der Waals surface area contributed by atoms with Crippen LogP contribution < -0.4 is 0 Å². The summed E-state index contributed by atoms with van der Waals surface area (Å²) in [5, 5.41) is 0. The molecule has 0 fully saturated rings. The van der Waals surface area contributed by atoms with Gasteiger partial charge in [0.1, 0.15) is 6.29 Å². The van der Waals surface area contributed by atoms with Crippen molar-refractivity contribution in [2.45, 2.75) is 46.5 Å². The van der Waals surface area contributed by atoms with Crippen LogP contribution in [0.2, 0.25) is 0 Å². The van der Waals surface area contributed by atoms with Gasteiger partial charge >= 0.3 is 0 Å². The lowest BCUT2D eigenvalue weighted by Crippen LogP contribution is -2.07. The van der Waals surface area contributed by atoms with E-state index in [9.17, 15) is 4.79 Å². The lowest BCUT2D eigenvalue weighted by atomic mass is 9.85. The Bertz CT molecular complexity index is 609. The fraction of sp³-hybridized carbons (Fsp3) is 0.381. The maximum atomic E-state index is 10.4. The van der Waals surface area contributed by atoms with E-state index in [-0.39, 0.29) is 5.41 Å². The maximum absolute atomic E-state index is 10.4. The fourth-order valence-electron chi connectivity index (χ4n) is 2.80. The first-order valence-electron chi connectivity index (χ1n) is 8.13. The Balaban J connectivity index is 2.22. The Morgan fingerprint density at radius 1 is 1.05 bits per heavy atom. The van der Waals surface area contributed by atoms with Crippen molar-refractivity contribution in [3.8, 4) is 0 Å². The molecule has 0 aromatic heterocycles. The molecule has 116 valence electrons. The summed E-state index contributed by atoms with van der Waals surface area (Å²) >= 11 is 0. The number of fused-ring (bicyclic) bond motifs is 1. The molecule has 0 radical (unpaired) electrons. The number of allylic oxidation sites excluding steroid dienone is 5. The number of benzene rings is 1. The summed E-state index contributed by atoms with van der Waals surface area (Å²) in [6.45, 7) is 6.56. The van der Waals surface area contributed by atoms with E-state index in [4.69, 9.17) is 0 Å². The van der Waals surface area contributed by atoms with Crippen LogP contribution in [0.1, 0.15) is 50.3 Å². The second-order valence-corrected chi connectivity index (χ2v) is 6.96. The van der Waals surface area contributed by atoms with Crippen LogP contribution >= 0.6 is 0 Å². The summed E-state index contributed by atoms with van der Waals surface area (Å²) in [6, 6.07) is 6.82. The molecule has 1 aliphatic carbocycles. The van der Waals surface area contributed by atoms with Gasteiger partial charge in [0, 0.05) is 0 Å². The highest BCUT2D eigenvalue weighted by Crippen LogP contribution is 2.28. The molecule has 0 unspecified atom stereocenters. The Labute approximate surface area is 134 Å². The van der Waals surface area contributed by atoms with Gasteiger partial charge in [-0.1, -0.05) is 63.3 Å². The zero-order chi connectivity index (χ0) is 16.0. The largest absolute Gasteiger partial charge is 0.299 e. The molecule has 22 heavy (non-hydrogen) atoms. The molecule has 0 bridgehead atoms. The SMILES string of the molecule is CC(C)(C)C(C=Cc1ccc2c(c1)CCCC2)=CC=CC=O. The Kier molecular flexibility index (Phi) is 5.54. The molecule has 0 spiro atoms. The van der Waals surface area contributed by atoms with Crippen LogP contribution in [0.5, 0.6) is 0 Å². The van der Waals surface area contributed by atoms with Gasteiger partial charge in [0.05, 0.1) is 0 Å². The van der Waals surface area contributed by atoms with E-state index >= 15 is 0 Å². The fourth-order valence-corrected chi connectivity index (χ4v) is 2.80. The molecule has 0 N–H and O–H groups in total. The highest BCUT2D eigenvalue weighted by atomic mass is 16.1. The number of carbonyl (C=O) groups excluding carboxylic acids is 1. The van der Waals surface area contributed by atoms with Crippen molar-refractivity contribution in [1.82, 2.24) is 0 Å². The quantitative estimate of drug-likeness (QED) is 0.418. The average Bonchev–Trinajstić information content (AvgIpc) is 2.49. The average molecular weight is 294 g/mol. The lowest BCUT2D eigenvalue weighted by Gasteiger charge is -2.20. The molecule has 0 saturated heterocycles. The molecular weight excluding hydrogens is 268 g/mol. The summed E-state index contributed by atoms with van der Waals surface area (Å²) in [5.41, 5.74) is 5.55. The molecule has 0 atom stereocenters. The highest BCUT2D eigenvalue weighted by Gasteiger charge is 2.14. The summed E-state index contributed by atoms with van der Waals surface area (Å²) in [7, 11) is 0. The number of aldehydes is 1. The second kappa shape index (κ2) is 7.40. The topological polar surface area (TPSA) is 17.1 Å². The van der Waals surface area contributed by atoms with Gasteiger partial charge in [0.2, 0.25) is 0 Å². The third-order valence-corrected chi connectivity index (χ3v) is 4.16. The van der Waals surface area contributed by atoms with Gasteiger partial charge in [-0.2, -0.15) is 0 Å². The van der Waals surface area contributed by atoms with Crippen molar-refractivity contribution in [2.75, 3.05) is 0 Å². The number of rotatable bonds is 4. The predicted molar refractivity (Wildman–Crippen MR) is 94.9 cm³/mol. The highest BCUT2D eigenvalue weighted by molar-refractivity contribution is 5.65. The summed E-state index contributed by atoms with van der Waals surface area (Å²) in [6.07, 6.45) is 15.6.